The molecule has 1 amide bonds. The van der Waals surface area contributed by atoms with Gasteiger partial charge in [-0.2, -0.15) is 0 Å². The molecule has 0 saturated heterocycles. The van der Waals surface area contributed by atoms with E-state index in [9.17, 15) is 4.79 Å². The summed E-state index contributed by atoms with van der Waals surface area (Å²) in [6.45, 7) is 1.07. The van der Waals surface area contributed by atoms with Crippen LogP contribution in [0.5, 0.6) is 0 Å². The van der Waals surface area contributed by atoms with E-state index in [0.717, 1.165) is 22.5 Å². The molecule has 0 atom stereocenters. The minimum Gasteiger partial charge on any atom is -0.367 e. The number of fused-ring (bicyclic) bond motifs is 1. The van der Waals surface area contributed by atoms with Crippen molar-refractivity contribution in [2.24, 2.45) is 4.99 Å². The maximum absolute atomic E-state index is 12.6. The van der Waals surface area contributed by atoms with E-state index in [-0.39, 0.29) is 19.1 Å². The molecule has 5 heteroatoms. The predicted molar refractivity (Wildman–Crippen MR) is 100 cm³/mol. The van der Waals surface area contributed by atoms with Gasteiger partial charge in [-0.15, -0.1) is 6.42 Å². The highest BCUT2D eigenvalue weighted by molar-refractivity contribution is 6.32. The van der Waals surface area contributed by atoms with Crippen molar-refractivity contribution in [1.82, 2.24) is 0 Å². The van der Waals surface area contributed by atoms with Crippen LogP contribution in [0, 0.1) is 12.3 Å². The molecule has 2 aromatic rings. The molecule has 0 fully saturated rings. The third-order valence-electron chi connectivity index (χ3n) is 3.87. The van der Waals surface area contributed by atoms with Gasteiger partial charge in [-0.05, 0) is 18.2 Å². The Balaban J connectivity index is 2.00. The summed E-state index contributed by atoms with van der Waals surface area (Å²) >= 11 is 6.21. The number of ether oxygens (including phenoxy) is 1. The van der Waals surface area contributed by atoms with Crippen LogP contribution in [0.25, 0.3) is 0 Å². The molecule has 0 radical (unpaired) electrons. The Labute approximate surface area is 152 Å². The van der Waals surface area contributed by atoms with E-state index >= 15 is 0 Å². The molecule has 3 rings (SSSR count). The van der Waals surface area contributed by atoms with Crippen molar-refractivity contribution in [3.05, 3.63) is 64.7 Å². The van der Waals surface area contributed by atoms with Crippen LogP contribution in [-0.2, 0) is 9.53 Å². The number of hydrogen-bond donors (Lipinski definition) is 0. The Morgan fingerprint density at radius 3 is 2.80 bits per heavy atom. The van der Waals surface area contributed by atoms with Gasteiger partial charge in [-0.1, -0.05) is 47.9 Å². The van der Waals surface area contributed by atoms with Crippen LogP contribution in [0.4, 0.5) is 5.69 Å². The summed E-state index contributed by atoms with van der Waals surface area (Å²) in [5, 5.41) is 0.597. The van der Waals surface area contributed by atoms with Gasteiger partial charge in [0.25, 0.3) is 0 Å². The normalized spacial score (nSPS) is 13.7. The second-order valence-corrected chi connectivity index (χ2v) is 5.93. The van der Waals surface area contributed by atoms with E-state index < -0.39 is 0 Å². The molecule has 0 saturated carbocycles. The molecule has 0 bridgehead atoms. The van der Waals surface area contributed by atoms with Gasteiger partial charge in [0.1, 0.15) is 13.2 Å². The molecular formula is C20H17ClN2O2. The van der Waals surface area contributed by atoms with Crippen LogP contribution < -0.4 is 4.90 Å². The van der Waals surface area contributed by atoms with Crippen LogP contribution in [0.2, 0.25) is 5.02 Å². The smallest absolute Gasteiger partial charge is 0.248 e. The maximum atomic E-state index is 12.6. The number of carbonyl (C=O) groups excluding carboxylic acids is 1. The van der Waals surface area contributed by atoms with Crippen molar-refractivity contribution in [2.75, 3.05) is 31.2 Å². The van der Waals surface area contributed by atoms with Crippen LogP contribution in [0.3, 0.4) is 0 Å². The Bertz CT molecular complexity index is 841. The molecule has 1 aliphatic rings. The third-order valence-corrected chi connectivity index (χ3v) is 4.10. The molecule has 4 nitrogen and oxygen atoms in total. The van der Waals surface area contributed by atoms with Crippen LogP contribution in [0.15, 0.2) is 53.5 Å². The summed E-state index contributed by atoms with van der Waals surface area (Å²) in [4.78, 5) is 18.8. The SMILES string of the molecule is C#CCOCCN1C(=O)CN=C(c2ccccc2)c2cc(Cl)ccc21. The van der Waals surface area contributed by atoms with Crippen molar-refractivity contribution in [1.29, 1.82) is 0 Å². The fourth-order valence-corrected chi connectivity index (χ4v) is 2.93. The average molecular weight is 353 g/mol. The van der Waals surface area contributed by atoms with Crippen LogP contribution in [0.1, 0.15) is 11.1 Å². The average Bonchev–Trinajstić information content (AvgIpc) is 2.76. The Kier molecular flexibility index (Phi) is 5.49. The summed E-state index contributed by atoms with van der Waals surface area (Å²) in [5.74, 6) is 2.33. The number of rotatable bonds is 5. The van der Waals surface area contributed by atoms with Gasteiger partial charge in [0.2, 0.25) is 5.91 Å². The number of hydrogen-bond acceptors (Lipinski definition) is 3. The van der Waals surface area contributed by atoms with Gasteiger partial charge in [0, 0.05) is 22.7 Å². The summed E-state index contributed by atoms with van der Waals surface area (Å²) in [5.41, 5.74) is 3.32. The number of anilines is 1. The molecule has 0 spiro atoms. The molecule has 0 N–H and O–H groups in total. The number of nitrogens with zero attached hydrogens (tertiary/aromatic N) is 2. The second kappa shape index (κ2) is 7.98. The largest absolute Gasteiger partial charge is 0.367 e. The highest BCUT2D eigenvalue weighted by Crippen LogP contribution is 2.29. The van der Waals surface area contributed by atoms with E-state index in [1.165, 1.54) is 0 Å². The summed E-state index contributed by atoms with van der Waals surface area (Å²) in [7, 11) is 0. The van der Waals surface area contributed by atoms with Crippen LogP contribution >= 0.6 is 11.6 Å². The number of halogens is 1. The van der Waals surface area contributed by atoms with E-state index in [4.69, 9.17) is 22.8 Å². The van der Waals surface area contributed by atoms with Gasteiger partial charge in [-0.25, -0.2) is 0 Å². The van der Waals surface area contributed by atoms with Crippen molar-refractivity contribution in [3.8, 4) is 12.3 Å². The van der Waals surface area contributed by atoms with Crippen molar-refractivity contribution in [3.63, 3.8) is 0 Å². The highest BCUT2D eigenvalue weighted by Gasteiger charge is 2.25. The molecule has 25 heavy (non-hydrogen) atoms. The van der Waals surface area contributed by atoms with Gasteiger partial charge in [0.05, 0.1) is 18.0 Å². The lowest BCUT2D eigenvalue weighted by Gasteiger charge is -2.23. The monoisotopic (exact) mass is 352 g/mol. The zero-order chi connectivity index (χ0) is 17.6. The first-order chi connectivity index (χ1) is 12.2. The zero-order valence-electron chi connectivity index (χ0n) is 13.6. The topological polar surface area (TPSA) is 41.9 Å². The fraction of sp³-hybridized carbons (Fsp3) is 0.200. The van der Waals surface area contributed by atoms with E-state index in [2.05, 4.69) is 10.9 Å². The molecule has 2 aromatic carbocycles. The number of aliphatic imine (C=N–C) groups is 1. The third kappa shape index (κ3) is 3.90. The quantitative estimate of drug-likeness (QED) is 0.612. The van der Waals surface area contributed by atoms with Crippen LogP contribution in [-0.4, -0.2) is 37.9 Å². The van der Waals surface area contributed by atoms with Crippen molar-refractivity contribution < 1.29 is 9.53 Å². The van der Waals surface area contributed by atoms with Gasteiger partial charge in [-0.3, -0.25) is 9.79 Å². The lowest BCUT2D eigenvalue weighted by molar-refractivity contribution is -0.117. The van der Waals surface area contributed by atoms with E-state index in [1.54, 1.807) is 11.0 Å². The number of terminal acetylenes is 1. The Morgan fingerprint density at radius 2 is 2.04 bits per heavy atom. The maximum Gasteiger partial charge on any atom is 0.248 e. The minimum atomic E-state index is -0.0844. The van der Waals surface area contributed by atoms with Crippen molar-refractivity contribution >= 4 is 28.9 Å². The first-order valence-corrected chi connectivity index (χ1v) is 8.30. The Morgan fingerprint density at radius 1 is 1.24 bits per heavy atom. The standard InChI is InChI=1S/C20H17ClN2O2/c1-2-11-25-12-10-23-18-9-8-16(21)13-17(18)20(22-14-19(23)24)15-6-4-3-5-7-15/h1,3-9,13H,10-12,14H2. The number of carbonyl (C=O) groups is 1. The summed E-state index contributed by atoms with van der Waals surface area (Å²) in [6.07, 6.45) is 5.19. The van der Waals surface area contributed by atoms with E-state index in [0.29, 0.717) is 18.2 Å². The fourth-order valence-electron chi connectivity index (χ4n) is 2.76. The predicted octanol–water partition coefficient (Wildman–Crippen LogP) is 3.17. The molecule has 1 heterocycles. The summed E-state index contributed by atoms with van der Waals surface area (Å²) < 4.78 is 5.33. The highest BCUT2D eigenvalue weighted by atomic mass is 35.5. The number of benzodiazepines with no additional fused rings is 1. The molecule has 0 unspecified atom stereocenters. The lowest BCUT2D eigenvalue weighted by atomic mass is 10.0. The van der Waals surface area contributed by atoms with Crippen molar-refractivity contribution in [2.45, 2.75) is 0 Å². The minimum absolute atomic E-state index is 0.0751. The second-order valence-electron chi connectivity index (χ2n) is 5.49. The number of benzene rings is 2. The molecule has 1 aliphatic heterocycles. The molecule has 0 aliphatic carbocycles. The first kappa shape index (κ1) is 17.2. The Hall–Kier alpha value is -2.61. The molecule has 126 valence electrons. The van der Waals surface area contributed by atoms with Gasteiger partial charge in [0.15, 0.2) is 0 Å². The van der Waals surface area contributed by atoms with E-state index in [1.807, 2.05) is 42.5 Å². The molecular weight excluding hydrogens is 336 g/mol. The summed E-state index contributed by atoms with van der Waals surface area (Å²) in [6, 6.07) is 15.2. The van der Waals surface area contributed by atoms with Gasteiger partial charge >= 0.3 is 0 Å². The molecule has 0 aromatic heterocycles. The lowest BCUT2D eigenvalue weighted by Crippen LogP contribution is -2.35. The first-order valence-electron chi connectivity index (χ1n) is 7.92. The zero-order valence-corrected chi connectivity index (χ0v) is 14.4. The van der Waals surface area contributed by atoms with Gasteiger partial charge < -0.3 is 9.64 Å². The number of amides is 1.